The van der Waals surface area contributed by atoms with Crippen molar-refractivity contribution in [1.82, 2.24) is 9.80 Å². The number of nitrogens with two attached hydrogens (primary N) is 1. The maximum Gasteiger partial charge on any atom is 0.142 e. The Bertz CT molecular complexity index is 523. The molecule has 2 saturated heterocycles. The minimum absolute atomic E-state index is 0.458. The maximum absolute atomic E-state index is 9.63. The highest BCUT2D eigenvalue weighted by Crippen LogP contribution is 2.27. The summed E-state index contributed by atoms with van der Waals surface area (Å²) in [5, 5.41) is 9.63. The molecule has 0 bridgehead atoms. The summed E-state index contributed by atoms with van der Waals surface area (Å²) < 4.78 is 0. The lowest BCUT2D eigenvalue weighted by Crippen LogP contribution is -2.59. The Morgan fingerprint density at radius 2 is 2.10 bits per heavy atom. The van der Waals surface area contributed by atoms with Crippen molar-refractivity contribution in [1.29, 1.82) is 5.26 Å². The number of benzene rings is 1. The number of nitrogens with zero attached hydrogens (tertiary/aromatic N) is 3. The van der Waals surface area contributed by atoms with E-state index in [4.69, 9.17) is 5.73 Å². The van der Waals surface area contributed by atoms with E-state index in [9.17, 15) is 5.26 Å². The summed E-state index contributed by atoms with van der Waals surface area (Å²) in [5.74, 6) is 0. The van der Waals surface area contributed by atoms with Gasteiger partial charge in [0.15, 0.2) is 0 Å². The molecule has 3 rings (SSSR count). The van der Waals surface area contributed by atoms with Crippen molar-refractivity contribution < 1.29 is 0 Å². The molecule has 0 saturated carbocycles. The summed E-state index contributed by atoms with van der Waals surface area (Å²) in [6.07, 6.45) is 2.58. The van der Waals surface area contributed by atoms with Crippen molar-refractivity contribution in [3.05, 3.63) is 35.9 Å². The lowest BCUT2D eigenvalue weighted by atomic mass is 9.90. The minimum Gasteiger partial charge on any atom is -0.309 e. The minimum atomic E-state index is -0.920. The van der Waals surface area contributed by atoms with Crippen molar-refractivity contribution in [2.45, 2.75) is 37.4 Å². The summed E-state index contributed by atoms with van der Waals surface area (Å²) in [6, 6.07) is 13.2. The summed E-state index contributed by atoms with van der Waals surface area (Å²) >= 11 is 0. The molecule has 2 aliphatic rings. The fourth-order valence-electron chi connectivity index (χ4n) is 3.72. The molecule has 2 aliphatic heterocycles. The van der Waals surface area contributed by atoms with E-state index in [1.807, 2.05) is 30.3 Å². The van der Waals surface area contributed by atoms with Crippen LogP contribution >= 0.6 is 0 Å². The van der Waals surface area contributed by atoms with E-state index in [-0.39, 0.29) is 0 Å². The average molecular weight is 284 g/mol. The quantitative estimate of drug-likeness (QED) is 0.914. The van der Waals surface area contributed by atoms with Crippen molar-refractivity contribution in [3.63, 3.8) is 0 Å². The van der Waals surface area contributed by atoms with Crippen LogP contribution in [-0.2, 0) is 5.54 Å². The Kier molecular flexibility index (Phi) is 3.99. The Morgan fingerprint density at radius 3 is 2.81 bits per heavy atom. The van der Waals surface area contributed by atoms with Gasteiger partial charge in [-0.05, 0) is 31.9 Å². The van der Waals surface area contributed by atoms with E-state index in [2.05, 4.69) is 22.8 Å². The fraction of sp³-hybridized carbons (Fsp3) is 0.588. The Morgan fingerprint density at radius 1 is 1.33 bits per heavy atom. The lowest BCUT2D eigenvalue weighted by molar-refractivity contribution is 0.0490. The monoisotopic (exact) mass is 284 g/mol. The molecule has 1 aromatic rings. The number of piperazine rings is 1. The van der Waals surface area contributed by atoms with E-state index in [0.29, 0.717) is 18.6 Å². The van der Waals surface area contributed by atoms with Crippen LogP contribution in [-0.4, -0.2) is 48.1 Å². The van der Waals surface area contributed by atoms with E-state index in [1.54, 1.807) is 0 Å². The molecule has 0 radical (unpaired) electrons. The number of hydrogen-bond acceptors (Lipinski definition) is 4. The van der Waals surface area contributed by atoms with Crippen LogP contribution in [0.3, 0.4) is 0 Å². The molecule has 21 heavy (non-hydrogen) atoms. The smallest absolute Gasteiger partial charge is 0.142 e. The summed E-state index contributed by atoms with van der Waals surface area (Å²) in [6.45, 7) is 6.22. The van der Waals surface area contributed by atoms with Gasteiger partial charge in [0.25, 0.3) is 0 Å². The second-order valence-corrected chi connectivity index (χ2v) is 6.52. The molecule has 0 amide bonds. The normalized spacial score (nSPS) is 29.6. The molecule has 2 N–H and O–H groups in total. The van der Waals surface area contributed by atoms with Crippen LogP contribution in [0, 0.1) is 11.3 Å². The first-order valence-electron chi connectivity index (χ1n) is 7.86. The zero-order valence-corrected chi connectivity index (χ0v) is 12.7. The molecule has 0 spiro atoms. The van der Waals surface area contributed by atoms with Crippen LogP contribution in [0.1, 0.15) is 25.3 Å². The molecular weight excluding hydrogens is 260 g/mol. The Labute approximate surface area is 127 Å². The zero-order valence-electron chi connectivity index (χ0n) is 12.7. The van der Waals surface area contributed by atoms with Gasteiger partial charge in [-0.1, -0.05) is 30.3 Å². The predicted molar refractivity (Wildman–Crippen MR) is 83.6 cm³/mol. The van der Waals surface area contributed by atoms with Crippen LogP contribution in [0.25, 0.3) is 0 Å². The number of rotatable bonds is 3. The highest BCUT2D eigenvalue weighted by Gasteiger charge is 2.38. The van der Waals surface area contributed by atoms with Crippen LogP contribution < -0.4 is 5.73 Å². The molecule has 4 heteroatoms. The van der Waals surface area contributed by atoms with Gasteiger partial charge in [0.05, 0.1) is 6.07 Å². The molecule has 2 heterocycles. The van der Waals surface area contributed by atoms with Gasteiger partial charge < -0.3 is 5.73 Å². The number of nitriles is 1. The SMILES string of the molecule is CC1CN2CCCC2CN1CC(N)(C#N)c1ccccc1. The Hall–Kier alpha value is -1.41. The lowest BCUT2D eigenvalue weighted by Gasteiger charge is -2.44. The zero-order chi connectivity index (χ0) is 14.9. The van der Waals surface area contributed by atoms with Crippen molar-refractivity contribution >= 4 is 0 Å². The molecule has 1 aromatic carbocycles. The van der Waals surface area contributed by atoms with E-state index >= 15 is 0 Å². The van der Waals surface area contributed by atoms with Crippen LogP contribution in [0.2, 0.25) is 0 Å². The van der Waals surface area contributed by atoms with Crippen LogP contribution in [0.5, 0.6) is 0 Å². The van der Waals surface area contributed by atoms with Gasteiger partial charge in [-0.15, -0.1) is 0 Å². The molecule has 0 aliphatic carbocycles. The molecule has 2 fully saturated rings. The first kappa shape index (κ1) is 14.5. The highest BCUT2D eigenvalue weighted by molar-refractivity contribution is 5.31. The molecule has 0 aromatic heterocycles. The average Bonchev–Trinajstić information content (AvgIpc) is 2.95. The predicted octanol–water partition coefficient (Wildman–Crippen LogP) is 1.53. The van der Waals surface area contributed by atoms with Gasteiger partial charge in [0, 0.05) is 31.7 Å². The van der Waals surface area contributed by atoms with Crippen LogP contribution in [0.4, 0.5) is 0 Å². The summed E-state index contributed by atoms with van der Waals surface area (Å²) in [7, 11) is 0. The third-order valence-electron chi connectivity index (χ3n) is 5.01. The van der Waals surface area contributed by atoms with Gasteiger partial charge in [-0.25, -0.2) is 0 Å². The van der Waals surface area contributed by atoms with E-state index in [0.717, 1.165) is 18.7 Å². The van der Waals surface area contributed by atoms with Gasteiger partial charge >= 0.3 is 0 Å². The standard InChI is InChI=1S/C17H24N4/c1-14-10-20-9-5-8-16(20)11-21(14)13-17(19,12-18)15-6-3-2-4-7-15/h2-4,6-7,14,16H,5,8-11,13,19H2,1H3. The van der Waals surface area contributed by atoms with Crippen molar-refractivity contribution in [2.75, 3.05) is 26.2 Å². The fourth-order valence-corrected chi connectivity index (χ4v) is 3.72. The van der Waals surface area contributed by atoms with Gasteiger partial charge in [0.2, 0.25) is 0 Å². The second kappa shape index (κ2) is 5.76. The molecule has 4 nitrogen and oxygen atoms in total. The summed E-state index contributed by atoms with van der Waals surface area (Å²) in [4.78, 5) is 5.00. The highest BCUT2D eigenvalue weighted by atomic mass is 15.3. The molecule has 112 valence electrons. The van der Waals surface area contributed by atoms with E-state index in [1.165, 1.54) is 19.4 Å². The third kappa shape index (κ3) is 2.82. The molecular formula is C17H24N4. The number of hydrogen-bond donors (Lipinski definition) is 1. The van der Waals surface area contributed by atoms with E-state index < -0.39 is 5.54 Å². The van der Waals surface area contributed by atoms with Crippen molar-refractivity contribution in [3.8, 4) is 6.07 Å². The first-order valence-corrected chi connectivity index (χ1v) is 7.86. The van der Waals surface area contributed by atoms with Crippen LogP contribution in [0.15, 0.2) is 30.3 Å². The largest absolute Gasteiger partial charge is 0.309 e. The Balaban J connectivity index is 1.76. The first-order chi connectivity index (χ1) is 10.1. The number of fused-ring (bicyclic) bond motifs is 1. The molecule has 3 atom stereocenters. The second-order valence-electron chi connectivity index (χ2n) is 6.52. The van der Waals surface area contributed by atoms with Gasteiger partial charge in [0.1, 0.15) is 5.54 Å². The molecule has 3 unspecified atom stereocenters. The van der Waals surface area contributed by atoms with Gasteiger partial charge in [-0.2, -0.15) is 5.26 Å². The maximum atomic E-state index is 9.63. The third-order valence-corrected chi connectivity index (χ3v) is 5.01. The van der Waals surface area contributed by atoms with Crippen molar-refractivity contribution in [2.24, 2.45) is 5.73 Å². The summed E-state index contributed by atoms with van der Waals surface area (Å²) in [5.41, 5.74) is 6.42. The topological polar surface area (TPSA) is 56.3 Å². The van der Waals surface area contributed by atoms with Gasteiger partial charge in [-0.3, -0.25) is 9.80 Å².